The maximum Gasteiger partial charge on any atom is 0.200 e. The van der Waals surface area contributed by atoms with E-state index in [-0.39, 0.29) is 11.5 Å². The number of hydrogen-bond acceptors (Lipinski definition) is 3. The van der Waals surface area contributed by atoms with Gasteiger partial charge in [0.15, 0.2) is 17.2 Å². The fraction of sp³-hybridized carbons (Fsp3) is 0.625. The van der Waals surface area contributed by atoms with Crippen LogP contribution in [0.4, 0.5) is 0 Å². The lowest BCUT2D eigenvalue weighted by Gasteiger charge is -2.06. The molecule has 0 fully saturated rings. The Hall–Kier alpha value is -1.38. The van der Waals surface area contributed by atoms with E-state index in [0.29, 0.717) is 0 Å². The van der Waals surface area contributed by atoms with Gasteiger partial charge in [0.1, 0.15) is 0 Å². The van der Waals surface area contributed by atoms with Gasteiger partial charge in [0.25, 0.3) is 0 Å². The quantitative estimate of drug-likeness (QED) is 0.456. The molecule has 19 heavy (non-hydrogen) atoms. The first-order chi connectivity index (χ1) is 9.15. The van der Waals surface area contributed by atoms with Crippen molar-refractivity contribution < 1.29 is 15.3 Å². The molecule has 108 valence electrons. The highest BCUT2D eigenvalue weighted by Gasteiger charge is 2.07. The van der Waals surface area contributed by atoms with Gasteiger partial charge in [-0.3, -0.25) is 0 Å². The SMILES string of the molecule is CCCCCCCCCCc1cc(O)c(O)c(O)c1. The molecule has 0 saturated carbocycles. The summed E-state index contributed by atoms with van der Waals surface area (Å²) in [4.78, 5) is 0. The molecule has 0 amide bonds. The van der Waals surface area contributed by atoms with E-state index >= 15 is 0 Å². The van der Waals surface area contributed by atoms with Gasteiger partial charge < -0.3 is 15.3 Å². The van der Waals surface area contributed by atoms with Gasteiger partial charge in [-0.2, -0.15) is 0 Å². The zero-order valence-corrected chi connectivity index (χ0v) is 11.9. The third kappa shape index (κ3) is 5.86. The molecular formula is C16H26O3. The molecule has 0 aliphatic carbocycles. The third-order valence-corrected chi connectivity index (χ3v) is 3.45. The van der Waals surface area contributed by atoms with Crippen LogP contribution >= 0.6 is 0 Å². The molecule has 3 heteroatoms. The number of rotatable bonds is 9. The van der Waals surface area contributed by atoms with Crippen LogP contribution in [0.3, 0.4) is 0 Å². The summed E-state index contributed by atoms with van der Waals surface area (Å²) in [7, 11) is 0. The third-order valence-electron chi connectivity index (χ3n) is 3.45. The fourth-order valence-corrected chi connectivity index (χ4v) is 2.27. The molecule has 0 aliphatic heterocycles. The summed E-state index contributed by atoms with van der Waals surface area (Å²) in [5.74, 6) is -0.913. The molecule has 3 nitrogen and oxygen atoms in total. The molecular weight excluding hydrogens is 240 g/mol. The maximum absolute atomic E-state index is 9.39. The lowest BCUT2D eigenvalue weighted by atomic mass is 10.0. The Bertz CT molecular complexity index is 351. The summed E-state index contributed by atoms with van der Waals surface area (Å²) in [5, 5.41) is 28.0. The van der Waals surface area contributed by atoms with Crippen LogP contribution in [-0.4, -0.2) is 15.3 Å². The van der Waals surface area contributed by atoms with Crippen LogP contribution in [0.15, 0.2) is 12.1 Å². The van der Waals surface area contributed by atoms with Crippen LogP contribution < -0.4 is 0 Å². The lowest BCUT2D eigenvalue weighted by Crippen LogP contribution is -1.87. The smallest absolute Gasteiger partial charge is 0.200 e. The number of hydrogen-bond donors (Lipinski definition) is 3. The van der Waals surface area contributed by atoms with E-state index < -0.39 is 5.75 Å². The second-order valence-corrected chi connectivity index (χ2v) is 5.21. The molecule has 0 aliphatic rings. The summed E-state index contributed by atoms with van der Waals surface area (Å²) >= 11 is 0. The average Bonchev–Trinajstić information content (AvgIpc) is 2.39. The predicted molar refractivity (Wildman–Crippen MR) is 77.8 cm³/mol. The van der Waals surface area contributed by atoms with E-state index in [1.165, 1.54) is 57.1 Å². The first-order valence-corrected chi connectivity index (χ1v) is 7.39. The van der Waals surface area contributed by atoms with Crippen molar-refractivity contribution in [2.24, 2.45) is 0 Å². The summed E-state index contributed by atoms with van der Waals surface area (Å²) in [6, 6.07) is 3.05. The number of unbranched alkanes of at least 4 members (excludes halogenated alkanes) is 7. The van der Waals surface area contributed by atoms with Crippen molar-refractivity contribution in [1.29, 1.82) is 0 Å². The summed E-state index contributed by atoms with van der Waals surface area (Å²) in [5.41, 5.74) is 0.874. The Morgan fingerprint density at radius 1 is 0.737 bits per heavy atom. The molecule has 0 unspecified atom stereocenters. The van der Waals surface area contributed by atoms with E-state index in [4.69, 9.17) is 0 Å². The number of aryl methyl sites for hydroxylation is 1. The Labute approximate surface area is 115 Å². The standard InChI is InChI=1S/C16H26O3/c1-2-3-4-5-6-7-8-9-10-13-11-14(17)16(19)15(18)12-13/h11-12,17-19H,2-10H2,1H3. The first-order valence-electron chi connectivity index (χ1n) is 7.39. The van der Waals surface area contributed by atoms with Crippen molar-refractivity contribution in [3.05, 3.63) is 17.7 Å². The molecule has 3 N–H and O–H groups in total. The molecule has 1 rings (SSSR count). The first kappa shape index (κ1) is 15.7. The van der Waals surface area contributed by atoms with Crippen LogP contribution in [0.2, 0.25) is 0 Å². The van der Waals surface area contributed by atoms with Crippen LogP contribution in [0.1, 0.15) is 63.9 Å². The van der Waals surface area contributed by atoms with Crippen LogP contribution in [0, 0.1) is 0 Å². The van der Waals surface area contributed by atoms with Crippen LogP contribution in [0.5, 0.6) is 17.2 Å². The van der Waals surface area contributed by atoms with Crippen molar-refractivity contribution in [2.45, 2.75) is 64.7 Å². The Morgan fingerprint density at radius 2 is 1.21 bits per heavy atom. The summed E-state index contributed by atoms with van der Waals surface area (Å²) in [6.07, 6.45) is 10.9. The second-order valence-electron chi connectivity index (χ2n) is 5.21. The fourth-order valence-electron chi connectivity index (χ4n) is 2.27. The van der Waals surface area contributed by atoms with E-state index in [1.807, 2.05) is 0 Å². The van der Waals surface area contributed by atoms with Gasteiger partial charge in [0.2, 0.25) is 0 Å². The van der Waals surface area contributed by atoms with E-state index in [0.717, 1.165) is 18.4 Å². The Balaban J connectivity index is 2.16. The number of phenolic OH excluding ortho intramolecular Hbond substituents is 3. The Morgan fingerprint density at radius 3 is 1.74 bits per heavy atom. The van der Waals surface area contributed by atoms with Crippen LogP contribution in [-0.2, 0) is 6.42 Å². The zero-order chi connectivity index (χ0) is 14.1. The average molecular weight is 266 g/mol. The second kappa shape index (κ2) is 8.68. The molecule has 1 aromatic rings. The molecule has 1 aromatic carbocycles. The normalized spacial score (nSPS) is 10.8. The minimum Gasteiger partial charge on any atom is -0.504 e. The van der Waals surface area contributed by atoms with Gasteiger partial charge in [-0.25, -0.2) is 0 Å². The van der Waals surface area contributed by atoms with Gasteiger partial charge in [-0.05, 0) is 30.5 Å². The number of benzene rings is 1. The number of aromatic hydroxyl groups is 3. The van der Waals surface area contributed by atoms with Gasteiger partial charge in [-0.15, -0.1) is 0 Å². The molecule has 0 atom stereocenters. The molecule has 0 spiro atoms. The summed E-state index contributed by atoms with van der Waals surface area (Å²) < 4.78 is 0. The monoisotopic (exact) mass is 266 g/mol. The van der Waals surface area contributed by atoms with Crippen LogP contribution in [0.25, 0.3) is 0 Å². The molecule has 0 radical (unpaired) electrons. The van der Waals surface area contributed by atoms with Gasteiger partial charge >= 0.3 is 0 Å². The highest BCUT2D eigenvalue weighted by Crippen LogP contribution is 2.35. The van der Waals surface area contributed by atoms with Crippen molar-refractivity contribution in [3.63, 3.8) is 0 Å². The minimum absolute atomic E-state index is 0.241. The highest BCUT2D eigenvalue weighted by molar-refractivity contribution is 5.51. The van der Waals surface area contributed by atoms with Gasteiger partial charge in [0.05, 0.1) is 0 Å². The molecule has 0 bridgehead atoms. The maximum atomic E-state index is 9.39. The van der Waals surface area contributed by atoms with E-state index in [9.17, 15) is 15.3 Å². The topological polar surface area (TPSA) is 60.7 Å². The van der Waals surface area contributed by atoms with E-state index in [2.05, 4.69) is 6.92 Å². The Kier molecular flexibility index (Phi) is 7.16. The van der Waals surface area contributed by atoms with Gasteiger partial charge in [-0.1, -0.05) is 51.9 Å². The largest absolute Gasteiger partial charge is 0.504 e. The zero-order valence-electron chi connectivity index (χ0n) is 11.9. The number of phenols is 3. The van der Waals surface area contributed by atoms with Crippen molar-refractivity contribution >= 4 is 0 Å². The van der Waals surface area contributed by atoms with E-state index in [1.54, 1.807) is 0 Å². The predicted octanol–water partition coefficient (Wildman–Crippen LogP) is 4.49. The highest BCUT2D eigenvalue weighted by atomic mass is 16.3. The minimum atomic E-state index is -0.431. The molecule has 0 saturated heterocycles. The van der Waals surface area contributed by atoms with Crippen molar-refractivity contribution in [3.8, 4) is 17.2 Å². The lowest BCUT2D eigenvalue weighted by molar-refractivity contribution is 0.367. The molecule has 0 aromatic heterocycles. The molecule has 0 heterocycles. The van der Waals surface area contributed by atoms with Crippen molar-refractivity contribution in [1.82, 2.24) is 0 Å². The van der Waals surface area contributed by atoms with Gasteiger partial charge in [0, 0.05) is 0 Å². The van der Waals surface area contributed by atoms with Crippen molar-refractivity contribution in [2.75, 3.05) is 0 Å². The summed E-state index contributed by atoms with van der Waals surface area (Å²) in [6.45, 7) is 2.22.